The molecular formula is C14H8FN3O2S2. The number of fused-ring (bicyclic) bond motifs is 1. The molecule has 110 valence electrons. The third kappa shape index (κ3) is 2.77. The lowest BCUT2D eigenvalue weighted by molar-refractivity contribution is 0.601. The second-order valence-corrected chi connectivity index (χ2v) is 7.09. The Morgan fingerprint density at radius 1 is 1.23 bits per heavy atom. The molecule has 8 heteroatoms. The van der Waals surface area contributed by atoms with Gasteiger partial charge in [-0.25, -0.2) is 17.8 Å². The number of nitrogens with one attached hydrogen (secondary N) is 1. The Hall–Kier alpha value is -2.50. The molecule has 0 saturated carbocycles. The van der Waals surface area contributed by atoms with E-state index in [1.165, 1.54) is 42.5 Å². The minimum Gasteiger partial charge on any atom is -0.255 e. The van der Waals surface area contributed by atoms with Crippen LogP contribution in [-0.2, 0) is 10.0 Å². The summed E-state index contributed by atoms with van der Waals surface area (Å²) < 4.78 is 40.6. The molecule has 0 saturated heterocycles. The Bertz CT molecular complexity index is 1010. The van der Waals surface area contributed by atoms with Crippen molar-refractivity contribution in [2.75, 3.05) is 4.72 Å². The number of thiazole rings is 1. The van der Waals surface area contributed by atoms with E-state index in [9.17, 15) is 12.8 Å². The number of nitriles is 1. The van der Waals surface area contributed by atoms with Gasteiger partial charge in [-0.3, -0.25) is 4.72 Å². The minimum absolute atomic E-state index is 0.0306. The van der Waals surface area contributed by atoms with Crippen molar-refractivity contribution < 1.29 is 12.8 Å². The first-order valence-electron chi connectivity index (χ1n) is 6.07. The van der Waals surface area contributed by atoms with Gasteiger partial charge in [-0.15, -0.1) is 0 Å². The maximum absolute atomic E-state index is 13.1. The number of halogens is 1. The van der Waals surface area contributed by atoms with E-state index >= 15 is 0 Å². The molecule has 3 rings (SSSR count). The van der Waals surface area contributed by atoms with Gasteiger partial charge in [0, 0.05) is 0 Å². The van der Waals surface area contributed by atoms with Crippen molar-refractivity contribution in [1.82, 2.24) is 4.98 Å². The SMILES string of the molecule is N#Cc1cccc(S(=O)(=O)Nc2nc3ccc(F)cc3s2)c1. The van der Waals surface area contributed by atoms with Crippen molar-refractivity contribution in [3.63, 3.8) is 0 Å². The van der Waals surface area contributed by atoms with E-state index in [0.29, 0.717) is 10.2 Å². The van der Waals surface area contributed by atoms with Crippen molar-refractivity contribution >= 4 is 36.7 Å². The van der Waals surface area contributed by atoms with Crippen LogP contribution in [0.1, 0.15) is 5.56 Å². The summed E-state index contributed by atoms with van der Waals surface area (Å²) in [4.78, 5) is 4.07. The summed E-state index contributed by atoms with van der Waals surface area (Å²) in [6, 6.07) is 11.6. The lowest BCUT2D eigenvalue weighted by Crippen LogP contribution is -2.12. The van der Waals surface area contributed by atoms with Gasteiger partial charge in [0.2, 0.25) is 0 Å². The van der Waals surface area contributed by atoms with Crippen molar-refractivity contribution in [3.8, 4) is 6.07 Å². The Labute approximate surface area is 129 Å². The van der Waals surface area contributed by atoms with Crippen LogP contribution < -0.4 is 4.72 Å². The van der Waals surface area contributed by atoms with Crippen molar-refractivity contribution in [3.05, 3.63) is 53.8 Å². The van der Waals surface area contributed by atoms with E-state index in [2.05, 4.69) is 9.71 Å². The van der Waals surface area contributed by atoms with Crippen LogP contribution >= 0.6 is 11.3 Å². The maximum Gasteiger partial charge on any atom is 0.263 e. The first-order valence-corrected chi connectivity index (χ1v) is 8.37. The highest BCUT2D eigenvalue weighted by Crippen LogP contribution is 2.28. The van der Waals surface area contributed by atoms with E-state index < -0.39 is 15.8 Å². The zero-order valence-corrected chi connectivity index (χ0v) is 12.6. The number of aromatic nitrogens is 1. The van der Waals surface area contributed by atoms with E-state index in [1.807, 2.05) is 6.07 Å². The molecule has 0 radical (unpaired) electrons. The summed E-state index contributed by atoms with van der Waals surface area (Å²) >= 11 is 1.04. The molecule has 3 aromatic rings. The van der Waals surface area contributed by atoms with Crippen molar-refractivity contribution in [2.24, 2.45) is 0 Å². The van der Waals surface area contributed by atoms with Crippen LogP contribution in [0.2, 0.25) is 0 Å². The summed E-state index contributed by atoms with van der Waals surface area (Å²) in [6.45, 7) is 0. The monoisotopic (exact) mass is 333 g/mol. The van der Waals surface area contributed by atoms with Crippen LogP contribution in [0.5, 0.6) is 0 Å². The van der Waals surface area contributed by atoms with Gasteiger partial charge < -0.3 is 0 Å². The van der Waals surface area contributed by atoms with Crippen molar-refractivity contribution in [2.45, 2.75) is 4.90 Å². The van der Waals surface area contributed by atoms with Crippen LogP contribution in [0, 0.1) is 17.1 Å². The number of sulfonamides is 1. The highest BCUT2D eigenvalue weighted by molar-refractivity contribution is 7.93. The van der Waals surface area contributed by atoms with Gasteiger partial charge in [-0.05, 0) is 36.4 Å². The van der Waals surface area contributed by atoms with Gasteiger partial charge in [0.05, 0.1) is 26.7 Å². The third-order valence-electron chi connectivity index (χ3n) is 2.85. The predicted molar refractivity (Wildman–Crippen MR) is 81.5 cm³/mol. The van der Waals surface area contributed by atoms with Gasteiger partial charge in [0.25, 0.3) is 10.0 Å². The number of rotatable bonds is 3. The standard InChI is InChI=1S/C14H8FN3O2S2/c15-10-4-5-12-13(7-10)21-14(17-12)18-22(19,20)11-3-1-2-9(6-11)8-16/h1-7H,(H,17,18). The van der Waals surface area contributed by atoms with Crippen LogP contribution in [0.3, 0.4) is 0 Å². The summed E-state index contributed by atoms with van der Waals surface area (Å²) in [5.74, 6) is -0.410. The quantitative estimate of drug-likeness (QED) is 0.798. The third-order valence-corrected chi connectivity index (χ3v) is 5.25. The van der Waals surface area contributed by atoms with Gasteiger partial charge in [-0.1, -0.05) is 17.4 Å². The highest BCUT2D eigenvalue weighted by Gasteiger charge is 2.17. The fourth-order valence-electron chi connectivity index (χ4n) is 1.85. The van der Waals surface area contributed by atoms with E-state index in [-0.39, 0.29) is 15.6 Å². The largest absolute Gasteiger partial charge is 0.263 e. The molecule has 0 atom stereocenters. The Balaban J connectivity index is 1.97. The number of anilines is 1. The first-order chi connectivity index (χ1) is 10.5. The molecule has 1 aromatic heterocycles. The molecule has 2 aromatic carbocycles. The summed E-state index contributed by atoms with van der Waals surface area (Å²) in [6.07, 6.45) is 0. The normalized spacial score (nSPS) is 11.3. The molecule has 0 fully saturated rings. The fourth-order valence-corrected chi connectivity index (χ4v) is 4.02. The molecular weight excluding hydrogens is 325 g/mol. The van der Waals surface area contributed by atoms with Gasteiger partial charge in [0.1, 0.15) is 5.82 Å². The van der Waals surface area contributed by atoms with Crippen LogP contribution in [0.15, 0.2) is 47.4 Å². The highest BCUT2D eigenvalue weighted by atomic mass is 32.2. The van der Waals surface area contributed by atoms with Crippen LogP contribution in [0.4, 0.5) is 9.52 Å². The number of nitrogens with zero attached hydrogens (tertiary/aromatic N) is 2. The number of hydrogen-bond donors (Lipinski definition) is 1. The number of benzene rings is 2. The summed E-state index contributed by atoms with van der Waals surface area (Å²) in [5, 5.41) is 8.97. The lowest BCUT2D eigenvalue weighted by Gasteiger charge is -2.04. The van der Waals surface area contributed by atoms with Crippen LogP contribution in [0.25, 0.3) is 10.2 Å². The summed E-state index contributed by atoms with van der Waals surface area (Å²) in [7, 11) is -3.85. The Kier molecular flexibility index (Phi) is 3.52. The fraction of sp³-hybridized carbons (Fsp3) is 0. The maximum atomic E-state index is 13.1. The second-order valence-electron chi connectivity index (χ2n) is 4.38. The van der Waals surface area contributed by atoms with Gasteiger partial charge >= 0.3 is 0 Å². The molecule has 0 spiro atoms. The topological polar surface area (TPSA) is 82.8 Å². The lowest BCUT2D eigenvalue weighted by atomic mass is 10.2. The minimum atomic E-state index is -3.85. The van der Waals surface area contributed by atoms with Gasteiger partial charge in [0.15, 0.2) is 5.13 Å². The predicted octanol–water partition coefficient (Wildman–Crippen LogP) is 3.11. The first kappa shape index (κ1) is 14.4. The zero-order chi connectivity index (χ0) is 15.7. The Morgan fingerprint density at radius 3 is 2.82 bits per heavy atom. The molecule has 0 aliphatic carbocycles. The molecule has 5 nitrogen and oxygen atoms in total. The molecule has 0 aliphatic rings. The molecule has 1 heterocycles. The Morgan fingerprint density at radius 2 is 2.05 bits per heavy atom. The molecule has 22 heavy (non-hydrogen) atoms. The number of hydrogen-bond acceptors (Lipinski definition) is 5. The second kappa shape index (κ2) is 5.36. The molecule has 0 amide bonds. The van der Waals surface area contributed by atoms with Crippen molar-refractivity contribution in [1.29, 1.82) is 5.26 Å². The molecule has 0 unspecified atom stereocenters. The average Bonchev–Trinajstić information content (AvgIpc) is 2.87. The average molecular weight is 333 g/mol. The molecule has 1 N–H and O–H groups in total. The smallest absolute Gasteiger partial charge is 0.255 e. The summed E-state index contributed by atoms with van der Waals surface area (Å²) in [5.41, 5.74) is 0.754. The van der Waals surface area contributed by atoms with E-state index in [4.69, 9.17) is 5.26 Å². The van der Waals surface area contributed by atoms with E-state index in [0.717, 1.165) is 11.3 Å². The molecule has 0 bridgehead atoms. The van der Waals surface area contributed by atoms with Gasteiger partial charge in [-0.2, -0.15) is 5.26 Å². The zero-order valence-electron chi connectivity index (χ0n) is 10.9. The van der Waals surface area contributed by atoms with E-state index in [1.54, 1.807) is 0 Å². The van der Waals surface area contributed by atoms with Crippen LogP contribution in [-0.4, -0.2) is 13.4 Å². The molecule has 0 aliphatic heterocycles.